The van der Waals surface area contributed by atoms with Gasteiger partial charge in [0.25, 0.3) is 0 Å². The molecule has 0 amide bonds. The molecule has 1 aliphatic rings. The summed E-state index contributed by atoms with van der Waals surface area (Å²) in [7, 11) is 0. The van der Waals surface area contributed by atoms with Crippen molar-refractivity contribution in [1.29, 1.82) is 0 Å². The van der Waals surface area contributed by atoms with E-state index in [0.29, 0.717) is 24.3 Å². The first-order chi connectivity index (χ1) is 8.58. The van der Waals surface area contributed by atoms with Crippen molar-refractivity contribution in [2.24, 2.45) is 5.92 Å². The van der Waals surface area contributed by atoms with Gasteiger partial charge < -0.3 is 19.9 Å². The van der Waals surface area contributed by atoms with Crippen LogP contribution in [-0.4, -0.2) is 24.5 Å². The Morgan fingerprint density at radius 1 is 1.22 bits per heavy atom. The van der Waals surface area contributed by atoms with Crippen molar-refractivity contribution in [2.75, 3.05) is 13.3 Å². The number of fused-ring (bicyclic) bond motifs is 1. The molecule has 4 nitrogen and oxygen atoms in total. The first kappa shape index (κ1) is 13.2. The van der Waals surface area contributed by atoms with Gasteiger partial charge in [0.2, 0.25) is 6.79 Å². The summed E-state index contributed by atoms with van der Waals surface area (Å²) in [6.45, 7) is 7.24. The molecule has 1 aromatic rings. The first-order valence-corrected chi connectivity index (χ1v) is 6.39. The SMILES string of the molecule is CC(C)C(C)NCC(O)c1ccc2c(c1)OCO2. The average molecular weight is 251 g/mol. The molecule has 1 aliphatic heterocycles. The largest absolute Gasteiger partial charge is 0.454 e. The molecule has 0 aliphatic carbocycles. The van der Waals surface area contributed by atoms with Crippen LogP contribution >= 0.6 is 0 Å². The number of benzene rings is 1. The molecule has 0 radical (unpaired) electrons. The molecule has 0 bridgehead atoms. The van der Waals surface area contributed by atoms with Gasteiger partial charge in [0.1, 0.15) is 0 Å². The molecule has 2 unspecified atom stereocenters. The first-order valence-electron chi connectivity index (χ1n) is 6.39. The summed E-state index contributed by atoms with van der Waals surface area (Å²) in [5.74, 6) is 2.01. The maximum atomic E-state index is 10.1. The molecule has 0 aromatic heterocycles. The zero-order chi connectivity index (χ0) is 13.1. The number of aliphatic hydroxyl groups is 1. The van der Waals surface area contributed by atoms with Gasteiger partial charge in [-0.3, -0.25) is 0 Å². The number of hydrogen-bond acceptors (Lipinski definition) is 4. The third-order valence-electron chi connectivity index (χ3n) is 3.41. The molecule has 2 rings (SSSR count). The Labute approximate surface area is 108 Å². The highest BCUT2D eigenvalue weighted by molar-refractivity contribution is 5.45. The second kappa shape index (κ2) is 5.59. The normalized spacial score (nSPS) is 16.9. The Bertz CT molecular complexity index is 406. The van der Waals surface area contributed by atoms with Crippen molar-refractivity contribution in [3.05, 3.63) is 23.8 Å². The summed E-state index contributed by atoms with van der Waals surface area (Å²) < 4.78 is 10.5. The molecule has 18 heavy (non-hydrogen) atoms. The Hall–Kier alpha value is -1.26. The Kier molecular flexibility index (Phi) is 4.09. The monoisotopic (exact) mass is 251 g/mol. The highest BCUT2D eigenvalue weighted by atomic mass is 16.7. The van der Waals surface area contributed by atoms with Gasteiger partial charge in [0.05, 0.1) is 6.10 Å². The molecule has 100 valence electrons. The zero-order valence-corrected chi connectivity index (χ0v) is 11.1. The second-order valence-electron chi connectivity index (χ2n) is 5.07. The van der Waals surface area contributed by atoms with Crippen molar-refractivity contribution < 1.29 is 14.6 Å². The summed E-state index contributed by atoms with van der Waals surface area (Å²) in [5, 5.41) is 13.4. The third kappa shape index (κ3) is 2.94. The van der Waals surface area contributed by atoms with Crippen LogP contribution in [0.1, 0.15) is 32.4 Å². The van der Waals surface area contributed by atoms with Crippen LogP contribution in [0.3, 0.4) is 0 Å². The van der Waals surface area contributed by atoms with E-state index in [1.54, 1.807) is 0 Å². The lowest BCUT2D eigenvalue weighted by molar-refractivity contribution is 0.165. The predicted molar refractivity (Wildman–Crippen MR) is 69.8 cm³/mol. The second-order valence-corrected chi connectivity index (χ2v) is 5.07. The van der Waals surface area contributed by atoms with E-state index in [0.717, 1.165) is 11.3 Å². The van der Waals surface area contributed by atoms with Crippen LogP contribution in [0.15, 0.2) is 18.2 Å². The van der Waals surface area contributed by atoms with Gasteiger partial charge in [-0.25, -0.2) is 0 Å². The summed E-state index contributed by atoms with van der Waals surface area (Å²) in [5.41, 5.74) is 0.850. The van der Waals surface area contributed by atoms with Gasteiger partial charge in [-0.1, -0.05) is 19.9 Å². The standard InChI is InChI=1S/C14H21NO3/c1-9(2)10(3)15-7-12(16)11-4-5-13-14(6-11)18-8-17-13/h4-6,9-10,12,15-16H,7-8H2,1-3H3. The molecular formula is C14H21NO3. The molecule has 1 heterocycles. The molecular weight excluding hydrogens is 230 g/mol. The number of nitrogens with one attached hydrogen (secondary N) is 1. The topological polar surface area (TPSA) is 50.7 Å². The van der Waals surface area contributed by atoms with Gasteiger partial charge in [-0.05, 0) is 30.5 Å². The maximum Gasteiger partial charge on any atom is 0.231 e. The minimum Gasteiger partial charge on any atom is -0.454 e. The lowest BCUT2D eigenvalue weighted by Gasteiger charge is -2.20. The van der Waals surface area contributed by atoms with Crippen LogP contribution in [0, 0.1) is 5.92 Å². The molecule has 0 saturated carbocycles. The summed E-state index contributed by atoms with van der Waals surface area (Å²) in [4.78, 5) is 0. The average Bonchev–Trinajstić information content (AvgIpc) is 2.82. The lowest BCUT2D eigenvalue weighted by Crippen LogP contribution is -2.34. The van der Waals surface area contributed by atoms with E-state index in [-0.39, 0.29) is 6.79 Å². The highest BCUT2D eigenvalue weighted by Crippen LogP contribution is 2.34. The van der Waals surface area contributed by atoms with Crippen molar-refractivity contribution >= 4 is 0 Å². The molecule has 1 aromatic carbocycles. The maximum absolute atomic E-state index is 10.1. The fourth-order valence-corrected chi connectivity index (χ4v) is 1.77. The smallest absolute Gasteiger partial charge is 0.231 e. The van der Waals surface area contributed by atoms with Gasteiger partial charge in [0, 0.05) is 12.6 Å². The fraction of sp³-hybridized carbons (Fsp3) is 0.571. The van der Waals surface area contributed by atoms with Crippen molar-refractivity contribution in [2.45, 2.75) is 32.9 Å². The molecule has 2 atom stereocenters. The van der Waals surface area contributed by atoms with Crippen LogP contribution in [0.5, 0.6) is 11.5 Å². The van der Waals surface area contributed by atoms with Crippen molar-refractivity contribution in [3.8, 4) is 11.5 Å². The number of aliphatic hydroxyl groups excluding tert-OH is 1. The minimum atomic E-state index is -0.527. The van der Waals surface area contributed by atoms with Crippen LogP contribution in [0.2, 0.25) is 0 Å². The fourth-order valence-electron chi connectivity index (χ4n) is 1.77. The van der Waals surface area contributed by atoms with Crippen LogP contribution < -0.4 is 14.8 Å². The van der Waals surface area contributed by atoms with E-state index in [9.17, 15) is 5.11 Å². The quantitative estimate of drug-likeness (QED) is 0.841. The van der Waals surface area contributed by atoms with Gasteiger partial charge in [-0.15, -0.1) is 0 Å². The van der Waals surface area contributed by atoms with Crippen LogP contribution in [0.25, 0.3) is 0 Å². The number of rotatable bonds is 5. The molecule has 0 saturated heterocycles. The molecule has 4 heteroatoms. The number of hydrogen-bond donors (Lipinski definition) is 2. The van der Waals surface area contributed by atoms with Gasteiger partial charge >= 0.3 is 0 Å². The van der Waals surface area contributed by atoms with E-state index < -0.39 is 6.10 Å². The molecule has 0 fully saturated rings. The lowest BCUT2D eigenvalue weighted by atomic mass is 10.0. The summed E-state index contributed by atoms with van der Waals surface area (Å²) in [6, 6.07) is 5.94. The molecule has 2 N–H and O–H groups in total. The Balaban J connectivity index is 1.95. The van der Waals surface area contributed by atoms with E-state index in [1.165, 1.54) is 0 Å². The van der Waals surface area contributed by atoms with E-state index in [2.05, 4.69) is 26.1 Å². The zero-order valence-electron chi connectivity index (χ0n) is 11.1. The van der Waals surface area contributed by atoms with Crippen LogP contribution in [0.4, 0.5) is 0 Å². The third-order valence-corrected chi connectivity index (χ3v) is 3.41. The van der Waals surface area contributed by atoms with E-state index >= 15 is 0 Å². The van der Waals surface area contributed by atoms with Crippen LogP contribution in [-0.2, 0) is 0 Å². The van der Waals surface area contributed by atoms with Gasteiger partial charge in [0.15, 0.2) is 11.5 Å². The predicted octanol–water partition coefficient (Wildman–Crippen LogP) is 2.08. The number of ether oxygens (including phenoxy) is 2. The summed E-state index contributed by atoms with van der Waals surface area (Å²) in [6.07, 6.45) is -0.527. The van der Waals surface area contributed by atoms with Gasteiger partial charge in [-0.2, -0.15) is 0 Å². The summed E-state index contributed by atoms with van der Waals surface area (Å²) >= 11 is 0. The highest BCUT2D eigenvalue weighted by Gasteiger charge is 2.17. The Morgan fingerprint density at radius 2 is 1.94 bits per heavy atom. The van der Waals surface area contributed by atoms with Crippen molar-refractivity contribution in [3.63, 3.8) is 0 Å². The van der Waals surface area contributed by atoms with E-state index in [1.807, 2.05) is 18.2 Å². The Morgan fingerprint density at radius 3 is 2.67 bits per heavy atom. The molecule has 0 spiro atoms. The van der Waals surface area contributed by atoms with Crippen molar-refractivity contribution in [1.82, 2.24) is 5.32 Å². The van der Waals surface area contributed by atoms with E-state index in [4.69, 9.17) is 9.47 Å². The minimum absolute atomic E-state index is 0.261.